The van der Waals surface area contributed by atoms with Crippen molar-refractivity contribution in [3.05, 3.63) is 70.8 Å². The van der Waals surface area contributed by atoms with E-state index in [2.05, 4.69) is 0 Å². The van der Waals surface area contributed by atoms with E-state index >= 15 is 0 Å². The van der Waals surface area contributed by atoms with E-state index in [1.54, 1.807) is 36.4 Å². The van der Waals surface area contributed by atoms with Gasteiger partial charge in [0.25, 0.3) is 0 Å². The Bertz CT molecular complexity index is 568. The Morgan fingerprint density at radius 3 is 2.44 bits per heavy atom. The van der Waals surface area contributed by atoms with Gasteiger partial charge >= 0.3 is 0 Å². The SMILES string of the molecule is O=C(C=Cc1c(O)cccc1Cl)c1ccccc1. The molecule has 90 valence electrons. The Labute approximate surface area is 110 Å². The van der Waals surface area contributed by atoms with Gasteiger partial charge in [-0.3, -0.25) is 4.79 Å². The van der Waals surface area contributed by atoms with Crippen LogP contribution in [0.5, 0.6) is 5.75 Å². The molecule has 0 aliphatic carbocycles. The van der Waals surface area contributed by atoms with Crippen molar-refractivity contribution < 1.29 is 9.90 Å². The summed E-state index contributed by atoms with van der Waals surface area (Å²) in [6, 6.07) is 13.8. The molecule has 2 aromatic rings. The van der Waals surface area contributed by atoms with Crippen molar-refractivity contribution in [2.24, 2.45) is 0 Å². The molecule has 2 nitrogen and oxygen atoms in total. The van der Waals surface area contributed by atoms with E-state index in [0.717, 1.165) is 0 Å². The maximum absolute atomic E-state index is 11.8. The van der Waals surface area contributed by atoms with Gasteiger partial charge in [-0.05, 0) is 24.3 Å². The van der Waals surface area contributed by atoms with Crippen LogP contribution in [0.1, 0.15) is 15.9 Å². The second kappa shape index (κ2) is 5.52. The third-order valence-electron chi connectivity index (χ3n) is 2.49. The van der Waals surface area contributed by atoms with Crippen LogP contribution in [0.3, 0.4) is 0 Å². The van der Waals surface area contributed by atoms with Crippen LogP contribution in [-0.4, -0.2) is 10.9 Å². The topological polar surface area (TPSA) is 37.3 Å². The molecule has 2 aromatic carbocycles. The van der Waals surface area contributed by atoms with E-state index in [9.17, 15) is 9.90 Å². The molecular formula is C15H11ClO2. The first-order valence-corrected chi connectivity index (χ1v) is 5.81. The van der Waals surface area contributed by atoms with Crippen LogP contribution in [0.25, 0.3) is 6.08 Å². The molecule has 0 saturated carbocycles. The first-order chi connectivity index (χ1) is 8.68. The van der Waals surface area contributed by atoms with Gasteiger partial charge in [-0.15, -0.1) is 0 Å². The van der Waals surface area contributed by atoms with Crippen molar-refractivity contribution in [2.45, 2.75) is 0 Å². The molecule has 3 heteroatoms. The fourth-order valence-corrected chi connectivity index (χ4v) is 1.78. The largest absolute Gasteiger partial charge is 0.507 e. The molecule has 0 saturated heterocycles. The van der Waals surface area contributed by atoms with Crippen LogP contribution >= 0.6 is 11.6 Å². The number of halogens is 1. The van der Waals surface area contributed by atoms with Gasteiger partial charge in [-0.25, -0.2) is 0 Å². The second-order valence-corrected chi connectivity index (χ2v) is 4.14. The van der Waals surface area contributed by atoms with Crippen molar-refractivity contribution in [3.8, 4) is 5.75 Å². The van der Waals surface area contributed by atoms with Crippen LogP contribution in [0.4, 0.5) is 0 Å². The minimum Gasteiger partial charge on any atom is -0.507 e. The van der Waals surface area contributed by atoms with Crippen molar-refractivity contribution in [1.29, 1.82) is 0 Å². The van der Waals surface area contributed by atoms with Gasteiger partial charge in [0.05, 0.1) is 5.02 Å². The van der Waals surface area contributed by atoms with Crippen molar-refractivity contribution in [1.82, 2.24) is 0 Å². The predicted molar refractivity (Wildman–Crippen MR) is 72.9 cm³/mol. The summed E-state index contributed by atoms with van der Waals surface area (Å²) in [5.41, 5.74) is 1.05. The summed E-state index contributed by atoms with van der Waals surface area (Å²) in [5, 5.41) is 10.0. The highest BCUT2D eigenvalue weighted by Gasteiger charge is 2.04. The van der Waals surface area contributed by atoms with E-state index < -0.39 is 0 Å². The van der Waals surface area contributed by atoms with Crippen LogP contribution in [0.2, 0.25) is 5.02 Å². The average molecular weight is 259 g/mol. The molecule has 2 rings (SSSR count). The predicted octanol–water partition coefficient (Wildman–Crippen LogP) is 3.94. The molecule has 0 aliphatic rings. The highest BCUT2D eigenvalue weighted by Crippen LogP contribution is 2.26. The van der Waals surface area contributed by atoms with Gasteiger partial charge in [0.2, 0.25) is 0 Å². The maximum Gasteiger partial charge on any atom is 0.185 e. The Hall–Kier alpha value is -2.06. The minimum atomic E-state index is -0.130. The van der Waals surface area contributed by atoms with Crippen molar-refractivity contribution in [3.63, 3.8) is 0 Å². The molecule has 0 atom stereocenters. The fourth-order valence-electron chi connectivity index (χ4n) is 1.55. The smallest absolute Gasteiger partial charge is 0.185 e. The number of benzene rings is 2. The van der Waals surface area contributed by atoms with E-state index in [-0.39, 0.29) is 11.5 Å². The summed E-state index contributed by atoms with van der Waals surface area (Å²) < 4.78 is 0. The molecule has 0 radical (unpaired) electrons. The van der Waals surface area contributed by atoms with Gasteiger partial charge in [-0.2, -0.15) is 0 Å². The van der Waals surface area contributed by atoms with Crippen molar-refractivity contribution >= 4 is 23.5 Å². The molecule has 1 N–H and O–H groups in total. The third-order valence-corrected chi connectivity index (χ3v) is 2.82. The van der Waals surface area contributed by atoms with Crippen LogP contribution in [0.15, 0.2) is 54.6 Å². The highest BCUT2D eigenvalue weighted by atomic mass is 35.5. The van der Waals surface area contributed by atoms with E-state index in [1.165, 1.54) is 18.2 Å². The number of ketones is 1. The summed E-state index contributed by atoms with van der Waals surface area (Å²) >= 11 is 5.94. The summed E-state index contributed by atoms with van der Waals surface area (Å²) in [6.45, 7) is 0. The fraction of sp³-hybridized carbons (Fsp3) is 0. The number of aromatic hydroxyl groups is 1. The first kappa shape index (κ1) is 12.4. The second-order valence-electron chi connectivity index (χ2n) is 3.74. The monoisotopic (exact) mass is 258 g/mol. The van der Waals surface area contributed by atoms with E-state index in [4.69, 9.17) is 11.6 Å². The number of hydrogen-bond donors (Lipinski definition) is 1. The molecule has 0 heterocycles. The standard InChI is InChI=1S/C15H11ClO2/c16-13-7-4-8-15(18)12(13)9-10-14(17)11-5-2-1-3-6-11/h1-10,18H. The van der Waals surface area contributed by atoms with Gasteiger partial charge in [-0.1, -0.05) is 48.0 Å². The Morgan fingerprint density at radius 2 is 1.78 bits per heavy atom. The average Bonchev–Trinajstić information content (AvgIpc) is 2.39. The summed E-state index contributed by atoms with van der Waals surface area (Å²) in [4.78, 5) is 11.8. The summed E-state index contributed by atoms with van der Waals surface area (Å²) in [5.74, 6) is -0.0745. The van der Waals surface area contributed by atoms with E-state index in [1.807, 2.05) is 6.07 Å². The Balaban J connectivity index is 2.24. The molecule has 0 amide bonds. The van der Waals surface area contributed by atoms with Gasteiger partial charge < -0.3 is 5.11 Å². The molecule has 0 aromatic heterocycles. The number of allylic oxidation sites excluding steroid dienone is 1. The zero-order valence-electron chi connectivity index (χ0n) is 9.51. The Morgan fingerprint density at radius 1 is 1.06 bits per heavy atom. The number of rotatable bonds is 3. The van der Waals surface area contributed by atoms with Crippen LogP contribution in [0, 0.1) is 0 Å². The van der Waals surface area contributed by atoms with Gasteiger partial charge in [0, 0.05) is 11.1 Å². The van der Waals surface area contributed by atoms with Gasteiger partial charge in [0.1, 0.15) is 5.75 Å². The number of carbonyl (C=O) groups excluding carboxylic acids is 1. The lowest BCUT2D eigenvalue weighted by Gasteiger charge is -2.01. The van der Waals surface area contributed by atoms with Crippen molar-refractivity contribution in [2.75, 3.05) is 0 Å². The third kappa shape index (κ3) is 2.79. The number of hydrogen-bond acceptors (Lipinski definition) is 2. The molecule has 0 spiro atoms. The number of phenolic OH excluding ortho intramolecular Hbond substituents is 1. The zero-order chi connectivity index (χ0) is 13.0. The molecule has 0 aliphatic heterocycles. The lowest BCUT2D eigenvalue weighted by Crippen LogP contribution is -1.92. The molecular weight excluding hydrogens is 248 g/mol. The summed E-state index contributed by atoms with van der Waals surface area (Å²) in [6.07, 6.45) is 2.92. The summed E-state index contributed by atoms with van der Waals surface area (Å²) in [7, 11) is 0. The highest BCUT2D eigenvalue weighted by molar-refractivity contribution is 6.32. The van der Waals surface area contributed by atoms with Gasteiger partial charge in [0.15, 0.2) is 5.78 Å². The molecule has 0 fully saturated rings. The zero-order valence-corrected chi connectivity index (χ0v) is 10.3. The normalized spacial score (nSPS) is 10.7. The van der Waals surface area contributed by atoms with Crippen LogP contribution in [-0.2, 0) is 0 Å². The maximum atomic E-state index is 11.8. The lowest BCUT2D eigenvalue weighted by atomic mass is 10.1. The minimum absolute atomic E-state index is 0.0552. The van der Waals surface area contributed by atoms with Crippen LogP contribution < -0.4 is 0 Å². The molecule has 0 unspecified atom stereocenters. The van der Waals surface area contributed by atoms with E-state index in [0.29, 0.717) is 16.1 Å². The number of carbonyl (C=O) groups is 1. The quantitative estimate of drug-likeness (QED) is 0.669. The Kier molecular flexibility index (Phi) is 3.80. The lowest BCUT2D eigenvalue weighted by molar-refractivity contribution is 0.104. The molecule has 0 bridgehead atoms. The number of phenols is 1. The first-order valence-electron chi connectivity index (χ1n) is 5.43. The molecule has 18 heavy (non-hydrogen) atoms.